The lowest BCUT2D eigenvalue weighted by Gasteiger charge is -2.39. The Morgan fingerprint density at radius 2 is 2.18 bits per heavy atom. The Morgan fingerprint density at radius 1 is 1.41 bits per heavy atom. The number of carbonyl (C=O) groups excluding carboxylic acids is 1. The molecule has 2 aliphatic heterocycles. The molecule has 2 heterocycles. The minimum absolute atomic E-state index is 0.114. The summed E-state index contributed by atoms with van der Waals surface area (Å²) in [5.41, 5.74) is 5.84. The van der Waals surface area contributed by atoms with Gasteiger partial charge in [-0.05, 0) is 46.5 Å². The van der Waals surface area contributed by atoms with Crippen molar-refractivity contribution in [3.63, 3.8) is 0 Å². The van der Waals surface area contributed by atoms with Crippen LogP contribution in [-0.4, -0.2) is 61.1 Å². The first kappa shape index (κ1) is 17.5. The van der Waals surface area contributed by atoms with Crippen LogP contribution in [0.15, 0.2) is 0 Å². The number of rotatable bonds is 4. The average molecular weight is 314 g/mol. The first-order valence-corrected chi connectivity index (χ1v) is 8.31. The molecule has 2 fully saturated rings. The van der Waals surface area contributed by atoms with E-state index in [0.29, 0.717) is 25.9 Å². The van der Waals surface area contributed by atoms with Crippen LogP contribution in [0.25, 0.3) is 0 Å². The van der Waals surface area contributed by atoms with Gasteiger partial charge in [0.1, 0.15) is 5.60 Å². The highest BCUT2D eigenvalue weighted by Crippen LogP contribution is 2.21. The van der Waals surface area contributed by atoms with Gasteiger partial charge in [-0.15, -0.1) is 0 Å². The van der Waals surface area contributed by atoms with Crippen molar-refractivity contribution in [3.8, 4) is 0 Å². The molecular weight excluding hydrogens is 284 g/mol. The second kappa shape index (κ2) is 7.62. The van der Waals surface area contributed by atoms with Crippen LogP contribution in [0.3, 0.4) is 0 Å². The molecule has 0 radical (unpaired) electrons. The molecule has 0 aliphatic carbocycles. The minimum Gasteiger partial charge on any atom is -0.444 e. The summed E-state index contributed by atoms with van der Waals surface area (Å²) in [4.78, 5) is 14.1. The van der Waals surface area contributed by atoms with E-state index < -0.39 is 5.60 Å². The Hall–Kier alpha value is -0.850. The van der Waals surface area contributed by atoms with Crippen molar-refractivity contribution in [2.45, 2.75) is 70.2 Å². The fraction of sp³-hybridized carbons (Fsp3) is 0.938. The largest absolute Gasteiger partial charge is 0.444 e. The van der Waals surface area contributed by atoms with E-state index in [1.807, 2.05) is 20.8 Å². The highest BCUT2D eigenvalue weighted by molar-refractivity contribution is 5.68. The standard InChI is InChI=1S/C16H30N2O4/c1-16(2,3)22-15(19)18-8-10-20-11-14(18)13(17)7-6-12-5-4-9-21-12/h12-14H,4-11,17H2,1-3H3. The molecule has 6 heteroatoms. The third-order valence-electron chi connectivity index (χ3n) is 4.13. The van der Waals surface area contributed by atoms with Gasteiger partial charge in [-0.1, -0.05) is 0 Å². The Kier molecular flexibility index (Phi) is 6.06. The Morgan fingerprint density at radius 3 is 2.82 bits per heavy atom. The van der Waals surface area contributed by atoms with Crippen molar-refractivity contribution >= 4 is 6.09 Å². The van der Waals surface area contributed by atoms with Crippen molar-refractivity contribution in [2.75, 3.05) is 26.4 Å². The number of morpholine rings is 1. The van der Waals surface area contributed by atoms with Crippen LogP contribution >= 0.6 is 0 Å². The summed E-state index contributed by atoms with van der Waals surface area (Å²) in [6.45, 7) is 8.02. The van der Waals surface area contributed by atoms with E-state index in [9.17, 15) is 4.79 Å². The van der Waals surface area contributed by atoms with Gasteiger partial charge >= 0.3 is 6.09 Å². The molecule has 0 spiro atoms. The highest BCUT2D eigenvalue weighted by atomic mass is 16.6. The normalized spacial score (nSPS) is 27.7. The van der Waals surface area contributed by atoms with E-state index in [-0.39, 0.29) is 18.2 Å². The van der Waals surface area contributed by atoms with Gasteiger partial charge in [0.15, 0.2) is 0 Å². The van der Waals surface area contributed by atoms with Crippen molar-refractivity contribution in [1.82, 2.24) is 4.90 Å². The molecule has 3 atom stereocenters. The van der Waals surface area contributed by atoms with Gasteiger partial charge < -0.3 is 19.9 Å². The topological polar surface area (TPSA) is 74.0 Å². The summed E-state index contributed by atoms with van der Waals surface area (Å²) in [6.07, 6.45) is 4.05. The number of hydrogen-bond acceptors (Lipinski definition) is 5. The first-order valence-electron chi connectivity index (χ1n) is 8.31. The van der Waals surface area contributed by atoms with E-state index in [2.05, 4.69) is 0 Å². The zero-order valence-corrected chi connectivity index (χ0v) is 14.0. The Bertz CT molecular complexity index is 364. The number of hydrogen-bond donors (Lipinski definition) is 1. The quantitative estimate of drug-likeness (QED) is 0.858. The van der Waals surface area contributed by atoms with Crippen LogP contribution in [0, 0.1) is 0 Å². The molecule has 22 heavy (non-hydrogen) atoms. The minimum atomic E-state index is -0.498. The molecule has 0 aromatic heterocycles. The molecule has 128 valence electrons. The van der Waals surface area contributed by atoms with Gasteiger partial charge in [-0.25, -0.2) is 4.79 Å². The predicted molar refractivity (Wildman–Crippen MR) is 83.7 cm³/mol. The van der Waals surface area contributed by atoms with Crippen molar-refractivity contribution < 1.29 is 19.0 Å². The summed E-state index contributed by atoms with van der Waals surface area (Å²) in [5, 5.41) is 0. The zero-order valence-electron chi connectivity index (χ0n) is 14.0. The summed E-state index contributed by atoms with van der Waals surface area (Å²) >= 11 is 0. The van der Waals surface area contributed by atoms with Gasteiger partial charge in [0.2, 0.25) is 0 Å². The molecule has 2 N–H and O–H groups in total. The summed E-state index contributed by atoms with van der Waals surface area (Å²) in [7, 11) is 0. The van der Waals surface area contributed by atoms with Crippen molar-refractivity contribution in [2.24, 2.45) is 5.73 Å². The van der Waals surface area contributed by atoms with Crippen LogP contribution in [-0.2, 0) is 14.2 Å². The summed E-state index contributed by atoms with van der Waals surface area (Å²) in [5.74, 6) is 0. The maximum atomic E-state index is 12.4. The summed E-state index contributed by atoms with van der Waals surface area (Å²) in [6, 6.07) is -0.234. The number of ether oxygens (including phenoxy) is 3. The van der Waals surface area contributed by atoms with Crippen LogP contribution < -0.4 is 5.73 Å². The lowest BCUT2D eigenvalue weighted by Crippen LogP contribution is -2.57. The lowest BCUT2D eigenvalue weighted by atomic mass is 9.99. The molecule has 2 rings (SSSR count). The number of nitrogens with two attached hydrogens (primary N) is 1. The third-order valence-corrected chi connectivity index (χ3v) is 4.13. The third kappa shape index (κ3) is 5.11. The molecule has 0 aromatic rings. The second-order valence-electron chi connectivity index (χ2n) is 7.19. The SMILES string of the molecule is CC(C)(C)OC(=O)N1CCOCC1C(N)CCC1CCCO1. The van der Waals surface area contributed by atoms with Crippen molar-refractivity contribution in [3.05, 3.63) is 0 Å². The monoisotopic (exact) mass is 314 g/mol. The predicted octanol–water partition coefficient (Wildman–Crippen LogP) is 1.91. The van der Waals surface area contributed by atoms with Crippen LogP contribution in [0.2, 0.25) is 0 Å². The molecule has 0 aromatic carbocycles. The van der Waals surface area contributed by atoms with Crippen LogP contribution in [0.4, 0.5) is 4.79 Å². The van der Waals surface area contributed by atoms with Gasteiger partial charge in [-0.2, -0.15) is 0 Å². The van der Waals surface area contributed by atoms with E-state index in [1.165, 1.54) is 0 Å². The van der Waals surface area contributed by atoms with E-state index in [4.69, 9.17) is 19.9 Å². The fourth-order valence-electron chi connectivity index (χ4n) is 2.97. The summed E-state index contributed by atoms with van der Waals surface area (Å²) < 4.78 is 16.7. The van der Waals surface area contributed by atoms with Gasteiger partial charge in [0, 0.05) is 19.2 Å². The zero-order chi connectivity index (χ0) is 16.2. The molecular formula is C16H30N2O4. The molecule has 1 amide bonds. The van der Waals surface area contributed by atoms with E-state index in [1.54, 1.807) is 4.90 Å². The molecule has 2 aliphatic rings. The van der Waals surface area contributed by atoms with Gasteiger partial charge in [0.05, 0.1) is 25.4 Å². The molecule has 0 bridgehead atoms. The van der Waals surface area contributed by atoms with E-state index in [0.717, 1.165) is 32.3 Å². The van der Waals surface area contributed by atoms with Gasteiger partial charge in [-0.3, -0.25) is 4.90 Å². The molecule has 6 nitrogen and oxygen atoms in total. The highest BCUT2D eigenvalue weighted by Gasteiger charge is 2.34. The molecule has 2 saturated heterocycles. The second-order valence-corrected chi connectivity index (χ2v) is 7.19. The maximum absolute atomic E-state index is 12.4. The first-order chi connectivity index (χ1) is 10.4. The number of carbonyl (C=O) groups is 1. The smallest absolute Gasteiger partial charge is 0.410 e. The van der Waals surface area contributed by atoms with Gasteiger partial charge in [0.25, 0.3) is 0 Å². The number of amides is 1. The van der Waals surface area contributed by atoms with E-state index >= 15 is 0 Å². The fourth-order valence-corrected chi connectivity index (χ4v) is 2.97. The Labute approximate surface area is 133 Å². The molecule has 0 saturated carbocycles. The Balaban J connectivity index is 1.88. The molecule has 3 unspecified atom stereocenters. The average Bonchev–Trinajstić information content (AvgIpc) is 2.96. The van der Waals surface area contributed by atoms with Crippen LogP contribution in [0.1, 0.15) is 46.5 Å². The van der Waals surface area contributed by atoms with Crippen LogP contribution in [0.5, 0.6) is 0 Å². The van der Waals surface area contributed by atoms with Crippen molar-refractivity contribution in [1.29, 1.82) is 0 Å². The maximum Gasteiger partial charge on any atom is 0.410 e. The number of nitrogens with zero attached hydrogens (tertiary/aromatic N) is 1. The lowest BCUT2D eigenvalue weighted by molar-refractivity contribution is -0.0393.